The van der Waals surface area contributed by atoms with E-state index in [1.54, 1.807) is 6.07 Å². The van der Waals surface area contributed by atoms with Crippen molar-refractivity contribution in [3.8, 4) is 11.4 Å². The van der Waals surface area contributed by atoms with Gasteiger partial charge in [0.05, 0.1) is 12.0 Å². The van der Waals surface area contributed by atoms with E-state index in [-0.39, 0.29) is 22.0 Å². The van der Waals surface area contributed by atoms with Gasteiger partial charge < -0.3 is 14.0 Å². The van der Waals surface area contributed by atoms with Crippen LogP contribution in [0.25, 0.3) is 5.69 Å². The lowest BCUT2D eigenvalue weighted by atomic mass is 10.1. The first-order valence-electron chi connectivity index (χ1n) is 10.1. The summed E-state index contributed by atoms with van der Waals surface area (Å²) in [6.07, 6.45) is 0. The first kappa shape index (κ1) is 24.2. The molecule has 0 saturated heterocycles. The molecule has 0 aliphatic heterocycles. The maximum Gasteiger partial charge on any atom is 0.342 e. The van der Waals surface area contributed by atoms with E-state index in [9.17, 15) is 18.0 Å². The zero-order chi connectivity index (χ0) is 24.5. The van der Waals surface area contributed by atoms with Crippen molar-refractivity contribution in [1.82, 2.24) is 4.57 Å². The number of sulfonamides is 1. The highest BCUT2D eigenvalue weighted by molar-refractivity contribution is 7.89. The van der Waals surface area contributed by atoms with Crippen LogP contribution in [0.3, 0.4) is 0 Å². The molecule has 0 atom stereocenters. The smallest absolute Gasteiger partial charge is 0.342 e. The summed E-state index contributed by atoms with van der Waals surface area (Å²) >= 11 is 0. The summed E-state index contributed by atoms with van der Waals surface area (Å²) < 4.78 is 35.5. The topological polar surface area (TPSA) is 118 Å². The Hall–Kier alpha value is -3.43. The molecule has 0 aliphatic rings. The predicted octanol–water partition coefficient (Wildman–Crippen LogP) is 3.41. The summed E-state index contributed by atoms with van der Waals surface area (Å²) in [4.78, 5) is 25.2. The fourth-order valence-electron chi connectivity index (χ4n) is 3.62. The van der Waals surface area contributed by atoms with Gasteiger partial charge >= 0.3 is 5.97 Å². The van der Waals surface area contributed by atoms with Crippen LogP contribution in [0.1, 0.15) is 43.2 Å². The molecule has 0 unspecified atom stereocenters. The number of esters is 1. The summed E-state index contributed by atoms with van der Waals surface area (Å²) in [5.41, 5.74) is 5.14. The Bertz CT molecular complexity index is 1360. The number of nitrogens with two attached hydrogens (primary N) is 1. The van der Waals surface area contributed by atoms with Crippen LogP contribution in [0.15, 0.2) is 47.4 Å². The third-order valence-electron chi connectivity index (χ3n) is 5.53. The molecule has 0 fully saturated rings. The van der Waals surface area contributed by atoms with E-state index in [2.05, 4.69) is 0 Å². The molecule has 0 saturated carbocycles. The lowest BCUT2D eigenvalue weighted by molar-refractivity contribution is 0.0471. The van der Waals surface area contributed by atoms with Crippen LogP contribution in [-0.4, -0.2) is 38.5 Å². The third-order valence-corrected chi connectivity index (χ3v) is 6.44. The lowest BCUT2D eigenvalue weighted by Gasteiger charge is -2.12. The van der Waals surface area contributed by atoms with Gasteiger partial charge in [-0.15, -0.1) is 0 Å². The van der Waals surface area contributed by atoms with Gasteiger partial charge in [0.25, 0.3) is 0 Å². The zero-order valence-corrected chi connectivity index (χ0v) is 19.9. The Morgan fingerprint density at radius 1 is 0.939 bits per heavy atom. The van der Waals surface area contributed by atoms with Crippen LogP contribution >= 0.6 is 0 Å². The number of ether oxygens (including phenoxy) is 2. The van der Waals surface area contributed by atoms with Crippen LogP contribution < -0.4 is 9.88 Å². The fraction of sp³-hybridized carbons (Fsp3) is 0.250. The number of Topliss-reactive ketones (excluding diaryl/α,β-unsaturated/α-hetero) is 1. The van der Waals surface area contributed by atoms with Gasteiger partial charge in [0, 0.05) is 22.6 Å². The number of carbonyl (C=O) groups is 2. The predicted molar refractivity (Wildman–Crippen MR) is 124 cm³/mol. The van der Waals surface area contributed by atoms with Crippen molar-refractivity contribution in [2.45, 2.75) is 32.6 Å². The molecule has 8 nitrogen and oxygen atoms in total. The van der Waals surface area contributed by atoms with Crippen LogP contribution in [0.5, 0.6) is 5.75 Å². The molecule has 174 valence electrons. The molecule has 1 heterocycles. The van der Waals surface area contributed by atoms with E-state index in [1.165, 1.54) is 24.8 Å². The zero-order valence-electron chi connectivity index (χ0n) is 19.1. The molecule has 33 heavy (non-hydrogen) atoms. The molecule has 0 bridgehead atoms. The maximum atomic E-state index is 12.9. The van der Waals surface area contributed by atoms with Crippen LogP contribution in [0.2, 0.25) is 0 Å². The van der Waals surface area contributed by atoms with Gasteiger partial charge in [0.2, 0.25) is 15.8 Å². The lowest BCUT2D eigenvalue weighted by Crippen LogP contribution is -2.17. The minimum atomic E-state index is -4.03. The molecule has 0 spiro atoms. The van der Waals surface area contributed by atoms with Gasteiger partial charge in [-0.2, -0.15) is 0 Å². The number of hydrogen-bond donors (Lipinski definition) is 1. The number of ketones is 1. The Morgan fingerprint density at radius 2 is 1.64 bits per heavy atom. The number of rotatable bonds is 7. The van der Waals surface area contributed by atoms with Crippen LogP contribution in [0.4, 0.5) is 0 Å². The van der Waals surface area contributed by atoms with Gasteiger partial charge in [-0.3, -0.25) is 4.79 Å². The molecule has 0 radical (unpaired) electrons. The first-order chi connectivity index (χ1) is 15.4. The first-order valence-corrected chi connectivity index (χ1v) is 11.7. The van der Waals surface area contributed by atoms with Gasteiger partial charge in [0.15, 0.2) is 6.61 Å². The van der Waals surface area contributed by atoms with Crippen molar-refractivity contribution in [2.24, 2.45) is 5.14 Å². The summed E-state index contributed by atoms with van der Waals surface area (Å²) in [7, 11) is -2.70. The van der Waals surface area contributed by atoms with Crippen molar-refractivity contribution in [3.05, 3.63) is 76.1 Å². The molecule has 1 aromatic heterocycles. The van der Waals surface area contributed by atoms with E-state index in [4.69, 9.17) is 14.6 Å². The van der Waals surface area contributed by atoms with Gasteiger partial charge in [-0.05, 0) is 75.2 Å². The van der Waals surface area contributed by atoms with Gasteiger partial charge in [-0.1, -0.05) is 6.07 Å². The number of methoxy groups -OCH3 is 1. The SMILES string of the molecule is COc1ccc(S(N)(=O)=O)cc1C(=O)OCC(=O)c1cc(C)n(-c2ccc(C)c(C)c2)c1C. The van der Waals surface area contributed by atoms with Crippen LogP contribution in [0, 0.1) is 27.7 Å². The molecule has 9 heteroatoms. The standard InChI is InChI=1S/C24H26N2O6S/c1-14-6-7-18(10-15(14)2)26-16(3)11-20(17(26)4)22(27)13-32-24(28)21-12-19(33(25,29)30)8-9-23(21)31-5/h6-12H,13H2,1-5H3,(H2,25,29,30). The maximum absolute atomic E-state index is 12.9. The summed E-state index contributed by atoms with van der Waals surface area (Å²) in [5, 5.41) is 5.14. The van der Waals surface area contributed by atoms with E-state index in [1.807, 2.05) is 50.5 Å². The van der Waals surface area contributed by atoms with E-state index < -0.39 is 22.6 Å². The van der Waals surface area contributed by atoms with Crippen molar-refractivity contribution in [3.63, 3.8) is 0 Å². The Morgan fingerprint density at radius 3 is 2.24 bits per heavy atom. The monoisotopic (exact) mass is 470 g/mol. The van der Waals surface area contributed by atoms with Gasteiger partial charge in [0.1, 0.15) is 11.3 Å². The Labute approximate surface area is 193 Å². The molecule has 0 aliphatic carbocycles. The molecule has 0 amide bonds. The molecule has 3 aromatic rings. The number of carbonyl (C=O) groups excluding carboxylic acids is 2. The van der Waals surface area contributed by atoms with Crippen molar-refractivity contribution in [1.29, 1.82) is 0 Å². The molecule has 3 rings (SSSR count). The highest BCUT2D eigenvalue weighted by atomic mass is 32.2. The highest BCUT2D eigenvalue weighted by Crippen LogP contribution is 2.25. The number of benzene rings is 2. The third kappa shape index (κ3) is 4.99. The van der Waals surface area contributed by atoms with Crippen molar-refractivity contribution >= 4 is 21.8 Å². The van der Waals surface area contributed by atoms with Crippen molar-refractivity contribution < 1.29 is 27.5 Å². The largest absolute Gasteiger partial charge is 0.496 e. The molecular weight excluding hydrogens is 444 g/mol. The average molecular weight is 471 g/mol. The summed E-state index contributed by atoms with van der Waals surface area (Å²) in [6, 6.07) is 11.4. The minimum absolute atomic E-state index is 0.104. The highest BCUT2D eigenvalue weighted by Gasteiger charge is 2.22. The van der Waals surface area contributed by atoms with E-state index in [0.29, 0.717) is 5.56 Å². The number of aryl methyl sites for hydroxylation is 3. The average Bonchev–Trinajstić information content (AvgIpc) is 3.06. The Kier molecular flexibility index (Phi) is 6.76. The van der Waals surface area contributed by atoms with Crippen molar-refractivity contribution in [2.75, 3.05) is 13.7 Å². The number of primary sulfonamides is 1. The molecular formula is C24H26N2O6S. The number of nitrogens with zero attached hydrogens (tertiary/aromatic N) is 1. The quantitative estimate of drug-likeness (QED) is 0.418. The minimum Gasteiger partial charge on any atom is -0.496 e. The Balaban J connectivity index is 1.83. The normalized spacial score (nSPS) is 11.3. The second-order valence-corrected chi connectivity index (χ2v) is 9.36. The second-order valence-electron chi connectivity index (χ2n) is 7.80. The second kappa shape index (κ2) is 9.21. The van der Waals surface area contributed by atoms with Crippen LogP contribution in [-0.2, 0) is 14.8 Å². The van der Waals surface area contributed by atoms with Gasteiger partial charge in [-0.25, -0.2) is 18.4 Å². The summed E-state index contributed by atoms with van der Waals surface area (Å²) in [5.74, 6) is -1.17. The van der Waals surface area contributed by atoms with E-state index in [0.717, 1.165) is 28.7 Å². The molecule has 2 aromatic carbocycles. The summed E-state index contributed by atoms with van der Waals surface area (Å²) in [6.45, 7) is 7.27. The van der Waals surface area contributed by atoms with E-state index >= 15 is 0 Å². The fourth-order valence-corrected chi connectivity index (χ4v) is 4.16. The number of aromatic nitrogens is 1. The molecule has 2 N–H and O–H groups in total. The number of hydrogen-bond acceptors (Lipinski definition) is 6.